The summed E-state index contributed by atoms with van der Waals surface area (Å²) in [5, 5.41) is 12.8. The molecule has 2 aromatic carbocycles. The zero-order chi connectivity index (χ0) is 30.7. The van der Waals surface area contributed by atoms with Crippen molar-refractivity contribution >= 4 is 46.6 Å². The number of benzene rings is 2. The van der Waals surface area contributed by atoms with Gasteiger partial charge in [-0.25, -0.2) is 4.39 Å². The van der Waals surface area contributed by atoms with E-state index in [-0.39, 0.29) is 46.4 Å². The maximum absolute atomic E-state index is 16.1. The van der Waals surface area contributed by atoms with E-state index < -0.39 is 34.8 Å². The Morgan fingerprint density at radius 2 is 1.79 bits per heavy atom. The number of hydrogen-bond donors (Lipinski definition) is 4. The molecule has 4 N–H and O–H groups in total. The number of fused-ring (bicyclic) bond motifs is 3. The number of carbonyl (C=O) groups excluding carboxylic acids is 3. The Morgan fingerprint density at radius 3 is 2.47 bits per heavy atom. The number of halogens is 3. The van der Waals surface area contributed by atoms with E-state index in [2.05, 4.69) is 35.1 Å². The molecule has 43 heavy (non-hydrogen) atoms. The lowest BCUT2D eigenvalue weighted by atomic mass is 9.53. The van der Waals surface area contributed by atoms with Gasteiger partial charge in [0.25, 0.3) is 0 Å². The molecule has 0 bridgehead atoms. The van der Waals surface area contributed by atoms with Crippen LogP contribution in [0, 0.1) is 11.2 Å². The molecule has 2 saturated heterocycles. The van der Waals surface area contributed by atoms with Crippen molar-refractivity contribution in [2.75, 3.05) is 19.0 Å². The van der Waals surface area contributed by atoms with Crippen LogP contribution in [0.2, 0.25) is 10.0 Å². The second-order valence-corrected chi connectivity index (χ2v) is 14.0. The summed E-state index contributed by atoms with van der Waals surface area (Å²) in [6.45, 7) is 4.58. The van der Waals surface area contributed by atoms with E-state index in [0.717, 1.165) is 12.8 Å². The first-order valence-electron chi connectivity index (χ1n) is 14.9. The van der Waals surface area contributed by atoms with Crippen molar-refractivity contribution in [1.29, 1.82) is 0 Å². The number of anilines is 1. The molecule has 0 radical (unpaired) electrons. The molecule has 1 aliphatic carbocycles. The molecule has 4 aliphatic rings. The topological polar surface area (TPSA) is 109 Å². The van der Waals surface area contributed by atoms with Crippen molar-refractivity contribution in [1.82, 2.24) is 16.0 Å². The van der Waals surface area contributed by atoms with Crippen LogP contribution in [0.4, 0.5) is 10.1 Å². The standard InChI is InChI=1S/C32H37Cl2FN4O4/c1-30(2)11-13-31(14-12-30)32(20-9-7-17(33)15-22(20)38-29(32)42)24(19-5-4-6-21(34)25(19)35)26(39-31)28(41)37-18-8-10-23(43-16-18)27(40)36-3/h4-7,9,15,18,23-24,26,39H,8,10-14,16H2,1-3H3,(H,36,40)(H,37,41)(H,38,42)/t18-,23+,24+,26-,32-/m1/s1. The Bertz CT molecular complexity index is 1470. The second-order valence-electron chi connectivity index (χ2n) is 13.2. The Hall–Kier alpha value is -2.72. The molecule has 8 nitrogen and oxygen atoms in total. The Balaban J connectivity index is 1.46. The molecule has 3 amide bonds. The van der Waals surface area contributed by atoms with E-state index in [4.69, 9.17) is 27.9 Å². The largest absolute Gasteiger partial charge is 0.366 e. The van der Waals surface area contributed by atoms with Gasteiger partial charge in [0, 0.05) is 29.2 Å². The van der Waals surface area contributed by atoms with Crippen LogP contribution >= 0.6 is 23.2 Å². The molecule has 6 rings (SSSR count). The summed E-state index contributed by atoms with van der Waals surface area (Å²) < 4.78 is 21.8. The maximum Gasteiger partial charge on any atom is 0.248 e. The smallest absolute Gasteiger partial charge is 0.248 e. The summed E-state index contributed by atoms with van der Waals surface area (Å²) in [5.41, 5.74) is -0.644. The number of nitrogens with one attached hydrogen (secondary N) is 4. The van der Waals surface area contributed by atoms with Gasteiger partial charge < -0.3 is 20.7 Å². The summed E-state index contributed by atoms with van der Waals surface area (Å²) in [5.74, 6) is -2.41. The lowest BCUT2D eigenvalue weighted by Crippen LogP contribution is -2.61. The fraction of sp³-hybridized carbons (Fsp3) is 0.531. The van der Waals surface area contributed by atoms with Crippen molar-refractivity contribution in [3.63, 3.8) is 0 Å². The Labute approximate surface area is 260 Å². The van der Waals surface area contributed by atoms with Crippen LogP contribution in [0.5, 0.6) is 0 Å². The Kier molecular flexibility index (Phi) is 7.77. The minimum Gasteiger partial charge on any atom is -0.366 e. The van der Waals surface area contributed by atoms with E-state index in [1.54, 1.807) is 31.3 Å². The normalized spacial score (nSPS) is 30.6. The highest BCUT2D eigenvalue weighted by Gasteiger charge is 2.73. The third-order valence-corrected chi connectivity index (χ3v) is 10.7. The first-order valence-corrected chi connectivity index (χ1v) is 15.6. The third kappa shape index (κ3) is 4.83. The van der Waals surface area contributed by atoms with Crippen LogP contribution < -0.4 is 21.3 Å². The summed E-state index contributed by atoms with van der Waals surface area (Å²) in [7, 11) is 1.56. The second kappa shape index (κ2) is 11.0. The molecular weight excluding hydrogens is 594 g/mol. The lowest BCUT2D eigenvalue weighted by molar-refractivity contribution is -0.136. The zero-order valence-corrected chi connectivity index (χ0v) is 26.0. The lowest BCUT2D eigenvalue weighted by Gasteiger charge is -2.50. The molecular formula is C32H37Cl2FN4O4. The molecule has 230 valence electrons. The molecule has 0 aromatic heterocycles. The first kappa shape index (κ1) is 30.3. The van der Waals surface area contributed by atoms with Crippen molar-refractivity contribution in [3.05, 3.63) is 63.4 Å². The molecule has 3 aliphatic heterocycles. The van der Waals surface area contributed by atoms with Gasteiger partial charge in [-0.05, 0) is 73.3 Å². The molecule has 11 heteroatoms. The van der Waals surface area contributed by atoms with Crippen LogP contribution in [0.15, 0.2) is 36.4 Å². The van der Waals surface area contributed by atoms with Crippen molar-refractivity contribution in [2.24, 2.45) is 5.41 Å². The van der Waals surface area contributed by atoms with Crippen LogP contribution in [0.1, 0.15) is 69.4 Å². The number of carbonyl (C=O) groups is 3. The van der Waals surface area contributed by atoms with Gasteiger partial charge in [-0.1, -0.05) is 55.2 Å². The van der Waals surface area contributed by atoms with Crippen LogP contribution in [0.25, 0.3) is 0 Å². The van der Waals surface area contributed by atoms with Gasteiger partial charge in [0.1, 0.15) is 17.3 Å². The average molecular weight is 632 g/mol. The number of amides is 3. The molecule has 3 fully saturated rings. The van der Waals surface area contributed by atoms with Crippen molar-refractivity contribution < 1.29 is 23.5 Å². The predicted molar refractivity (Wildman–Crippen MR) is 163 cm³/mol. The third-order valence-electron chi connectivity index (χ3n) is 10.2. The minimum absolute atomic E-state index is 0.0456. The van der Waals surface area contributed by atoms with E-state index >= 15 is 4.39 Å². The van der Waals surface area contributed by atoms with Gasteiger partial charge >= 0.3 is 0 Å². The van der Waals surface area contributed by atoms with Crippen LogP contribution in [0.3, 0.4) is 0 Å². The highest BCUT2D eigenvalue weighted by atomic mass is 35.5. The summed E-state index contributed by atoms with van der Waals surface area (Å²) in [4.78, 5) is 40.9. The van der Waals surface area contributed by atoms with E-state index in [1.807, 2.05) is 6.07 Å². The van der Waals surface area contributed by atoms with Gasteiger partial charge in [0.05, 0.1) is 23.7 Å². The van der Waals surface area contributed by atoms with Crippen LogP contribution in [-0.4, -0.2) is 55.1 Å². The zero-order valence-electron chi connectivity index (χ0n) is 24.5. The SMILES string of the molecule is CNC(=O)[C@@H]1CC[C@@H](NC(=O)[C@@H]2NC3(CCC(C)(C)CC3)[C@@]3(C(=O)Nc4cc(Cl)ccc43)[C@H]2c2cccc(Cl)c2F)CO1. The summed E-state index contributed by atoms with van der Waals surface area (Å²) in [6, 6.07) is 8.73. The predicted octanol–water partition coefficient (Wildman–Crippen LogP) is 4.83. The van der Waals surface area contributed by atoms with E-state index in [1.165, 1.54) is 6.07 Å². The summed E-state index contributed by atoms with van der Waals surface area (Å²) >= 11 is 12.7. The first-order chi connectivity index (χ1) is 20.4. The molecule has 0 unspecified atom stereocenters. The van der Waals surface area contributed by atoms with Gasteiger partial charge in [-0.2, -0.15) is 0 Å². The van der Waals surface area contributed by atoms with Crippen LogP contribution in [-0.2, 0) is 24.5 Å². The number of ether oxygens (including phenoxy) is 1. The van der Waals surface area contributed by atoms with Gasteiger partial charge in [-0.15, -0.1) is 0 Å². The van der Waals surface area contributed by atoms with Gasteiger partial charge in [0.15, 0.2) is 0 Å². The highest BCUT2D eigenvalue weighted by molar-refractivity contribution is 6.31. The molecule has 1 saturated carbocycles. The van der Waals surface area contributed by atoms with Crippen molar-refractivity contribution in [2.45, 2.75) is 87.4 Å². The fourth-order valence-corrected chi connectivity index (χ4v) is 8.29. The number of likely N-dealkylation sites (N-methyl/N-ethyl adjacent to an activating group) is 1. The average Bonchev–Trinajstić information content (AvgIpc) is 3.44. The van der Waals surface area contributed by atoms with Crippen molar-refractivity contribution in [3.8, 4) is 0 Å². The summed E-state index contributed by atoms with van der Waals surface area (Å²) in [6.07, 6.45) is 3.27. The van der Waals surface area contributed by atoms with Gasteiger partial charge in [0.2, 0.25) is 17.7 Å². The minimum atomic E-state index is -1.32. The number of rotatable bonds is 4. The Morgan fingerprint density at radius 1 is 1.05 bits per heavy atom. The fourth-order valence-electron chi connectivity index (χ4n) is 7.94. The highest BCUT2D eigenvalue weighted by Crippen LogP contribution is 2.64. The monoisotopic (exact) mass is 630 g/mol. The molecule has 5 atom stereocenters. The molecule has 3 heterocycles. The van der Waals surface area contributed by atoms with E-state index in [0.29, 0.717) is 42.0 Å². The van der Waals surface area contributed by atoms with Gasteiger partial charge in [-0.3, -0.25) is 19.7 Å². The number of hydrogen-bond acceptors (Lipinski definition) is 5. The van der Waals surface area contributed by atoms with E-state index in [9.17, 15) is 14.4 Å². The molecule has 2 spiro atoms. The maximum atomic E-state index is 16.1. The quantitative estimate of drug-likeness (QED) is 0.387. The molecule has 2 aromatic rings.